The molecule has 0 bridgehead atoms. The zero-order chi connectivity index (χ0) is 18.0. The second kappa shape index (κ2) is 8.79. The summed E-state index contributed by atoms with van der Waals surface area (Å²) >= 11 is 5.78. The van der Waals surface area contributed by atoms with Gasteiger partial charge < -0.3 is 5.32 Å². The van der Waals surface area contributed by atoms with E-state index in [2.05, 4.69) is 5.32 Å². The smallest absolute Gasteiger partial charge is 0.314 e. The molecule has 2 rings (SSSR count). The van der Waals surface area contributed by atoms with Crippen LogP contribution in [0.5, 0.6) is 0 Å². The number of hydrogen-bond acceptors (Lipinski definition) is 2. The minimum Gasteiger partial charge on any atom is -0.314 e. The topological polar surface area (TPSA) is 15.3 Å². The minimum atomic E-state index is -4.60. The number of hydrogen-bond donors (Lipinski definition) is 1. The van der Waals surface area contributed by atoms with Gasteiger partial charge in [-0.05, 0) is 30.2 Å². The fourth-order valence-electron chi connectivity index (χ4n) is 2.82. The van der Waals surface area contributed by atoms with E-state index in [0.717, 1.165) is 12.1 Å². The molecule has 0 saturated carbocycles. The molecular weight excluding hydrogens is 393 g/mol. The molecule has 2 nitrogen and oxygen atoms in total. The maximum atomic E-state index is 13.0. The molecular formula is C15H18Cl2F6N2. The molecule has 0 spiro atoms. The van der Waals surface area contributed by atoms with E-state index in [0.29, 0.717) is 26.2 Å². The van der Waals surface area contributed by atoms with Gasteiger partial charge in [-0.25, -0.2) is 0 Å². The number of alkyl halides is 6. The second-order valence-corrected chi connectivity index (χ2v) is 6.16. The van der Waals surface area contributed by atoms with Crippen LogP contribution in [0.2, 0.25) is 5.02 Å². The Morgan fingerprint density at radius 3 is 2.16 bits per heavy atom. The first-order valence-corrected chi connectivity index (χ1v) is 7.83. The molecule has 1 aliphatic rings. The van der Waals surface area contributed by atoms with Crippen LogP contribution in [-0.2, 0) is 6.18 Å². The maximum absolute atomic E-state index is 13.0. The Balaban J connectivity index is 0.00000312. The summed E-state index contributed by atoms with van der Waals surface area (Å²) in [5, 5.41) is 2.94. The highest BCUT2D eigenvalue weighted by Gasteiger charge is 2.34. The van der Waals surface area contributed by atoms with Gasteiger partial charge in [-0.3, -0.25) is 4.90 Å². The average Bonchev–Trinajstić information content (AvgIpc) is 2.46. The van der Waals surface area contributed by atoms with Crippen LogP contribution in [0, 0.1) is 0 Å². The molecule has 1 aliphatic heterocycles. The minimum absolute atomic E-state index is 0. The SMILES string of the molecule is Cl.FC(F)(F)CC[C@H](c1cc(Cl)cc(C(F)(F)F)c1)N1CCNCC1. The molecule has 1 fully saturated rings. The lowest BCUT2D eigenvalue weighted by Crippen LogP contribution is -2.45. The van der Waals surface area contributed by atoms with Crippen LogP contribution in [0.1, 0.15) is 30.0 Å². The van der Waals surface area contributed by atoms with Gasteiger partial charge in [0.2, 0.25) is 0 Å². The zero-order valence-corrected chi connectivity index (χ0v) is 14.6. The summed E-state index contributed by atoms with van der Waals surface area (Å²) in [6, 6.07) is 2.24. The lowest BCUT2D eigenvalue weighted by atomic mass is 9.97. The summed E-state index contributed by atoms with van der Waals surface area (Å²) in [5.74, 6) is 0. The molecule has 1 saturated heterocycles. The van der Waals surface area contributed by atoms with Crippen molar-refractivity contribution < 1.29 is 26.3 Å². The van der Waals surface area contributed by atoms with Gasteiger partial charge in [-0.1, -0.05) is 11.6 Å². The monoisotopic (exact) mass is 410 g/mol. The van der Waals surface area contributed by atoms with Gasteiger partial charge in [0.1, 0.15) is 0 Å². The Morgan fingerprint density at radius 1 is 1.04 bits per heavy atom. The summed E-state index contributed by atoms with van der Waals surface area (Å²) in [6.45, 7) is 2.09. The fourth-order valence-corrected chi connectivity index (χ4v) is 3.07. The molecule has 0 amide bonds. The molecule has 1 N–H and O–H groups in total. The molecule has 1 heterocycles. The molecule has 1 aromatic rings. The van der Waals surface area contributed by atoms with Crippen molar-refractivity contribution in [1.29, 1.82) is 0 Å². The summed E-state index contributed by atoms with van der Waals surface area (Å²) < 4.78 is 76.7. The summed E-state index contributed by atoms with van der Waals surface area (Å²) in [4.78, 5) is 1.77. The quantitative estimate of drug-likeness (QED) is 0.697. The van der Waals surface area contributed by atoms with Gasteiger partial charge in [-0.2, -0.15) is 26.3 Å². The van der Waals surface area contributed by atoms with Crippen LogP contribution < -0.4 is 5.32 Å². The van der Waals surface area contributed by atoms with E-state index in [1.165, 1.54) is 6.07 Å². The number of rotatable bonds is 4. The molecule has 0 aliphatic carbocycles. The van der Waals surface area contributed by atoms with E-state index in [4.69, 9.17) is 11.6 Å². The van der Waals surface area contributed by atoms with Gasteiger partial charge in [0.25, 0.3) is 0 Å². The van der Waals surface area contributed by atoms with E-state index in [9.17, 15) is 26.3 Å². The highest BCUT2D eigenvalue weighted by Crippen LogP contribution is 2.37. The van der Waals surface area contributed by atoms with Crippen LogP contribution in [0.25, 0.3) is 0 Å². The Kier molecular flexibility index (Phi) is 7.86. The number of benzene rings is 1. The second-order valence-electron chi connectivity index (χ2n) is 5.73. The van der Waals surface area contributed by atoms with Crippen molar-refractivity contribution in [3.63, 3.8) is 0 Å². The lowest BCUT2D eigenvalue weighted by Gasteiger charge is -2.35. The van der Waals surface area contributed by atoms with Crippen molar-refractivity contribution in [1.82, 2.24) is 10.2 Å². The van der Waals surface area contributed by atoms with Gasteiger partial charge in [0.05, 0.1) is 5.56 Å². The van der Waals surface area contributed by atoms with Crippen molar-refractivity contribution in [3.8, 4) is 0 Å². The Morgan fingerprint density at radius 2 is 1.64 bits per heavy atom. The Bertz CT molecular complexity index is 556. The molecule has 0 radical (unpaired) electrons. The molecule has 0 unspecified atom stereocenters. The number of nitrogens with zero attached hydrogens (tertiary/aromatic N) is 1. The van der Waals surface area contributed by atoms with Crippen LogP contribution in [0.3, 0.4) is 0 Å². The lowest BCUT2D eigenvalue weighted by molar-refractivity contribution is -0.140. The first-order chi connectivity index (χ1) is 11.1. The zero-order valence-electron chi connectivity index (χ0n) is 13.1. The first-order valence-electron chi connectivity index (χ1n) is 7.45. The largest absolute Gasteiger partial charge is 0.416 e. The molecule has 144 valence electrons. The van der Waals surface area contributed by atoms with Crippen molar-refractivity contribution in [2.24, 2.45) is 0 Å². The number of halogens is 8. The van der Waals surface area contributed by atoms with E-state index in [1.807, 2.05) is 0 Å². The normalized spacial score (nSPS) is 17.9. The predicted octanol–water partition coefficient (Wildman–Crippen LogP) is 5.07. The Labute approximate surface area is 152 Å². The third-order valence-corrected chi connectivity index (χ3v) is 4.14. The first kappa shape index (κ1) is 22.3. The van der Waals surface area contributed by atoms with Crippen LogP contribution in [0.4, 0.5) is 26.3 Å². The molecule has 10 heteroatoms. The maximum Gasteiger partial charge on any atom is 0.416 e. The van der Waals surface area contributed by atoms with Gasteiger partial charge >= 0.3 is 12.4 Å². The third kappa shape index (κ3) is 6.84. The summed E-state index contributed by atoms with van der Waals surface area (Å²) in [6.07, 6.45) is -10.3. The highest BCUT2D eigenvalue weighted by molar-refractivity contribution is 6.30. The van der Waals surface area contributed by atoms with E-state index in [1.54, 1.807) is 4.90 Å². The standard InChI is InChI=1S/C15H17ClF6N2.ClH/c16-12-8-10(7-11(9-12)15(20,21)22)13(1-2-14(17,18)19)24-5-3-23-4-6-24;/h7-9,13,23H,1-6H2;1H/t13-;/m1./s1. The molecule has 1 atom stereocenters. The summed E-state index contributed by atoms with van der Waals surface area (Å²) in [7, 11) is 0. The predicted molar refractivity (Wildman–Crippen MR) is 86.2 cm³/mol. The van der Waals surface area contributed by atoms with Crippen LogP contribution in [-0.4, -0.2) is 37.3 Å². The number of nitrogens with one attached hydrogen (secondary N) is 1. The van der Waals surface area contributed by atoms with E-state index < -0.39 is 30.4 Å². The van der Waals surface area contributed by atoms with Crippen LogP contribution >= 0.6 is 24.0 Å². The van der Waals surface area contributed by atoms with Crippen molar-refractivity contribution in [2.75, 3.05) is 26.2 Å². The van der Waals surface area contributed by atoms with Gasteiger partial charge in [0, 0.05) is 43.7 Å². The highest BCUT2D eigenvalue weighted by atomic mass is 35.5. The number of piperazine rings is 1. The molecule has 0 aromatic heterocycles. The van der Waals surface area contributed by atoms with E-state index >= 15 is 0 Å². The van der Waals surface area contributed by atoms with E-state index in [-0.39, 0.29) is 29.4 Å². The third-order valence-electron chi connectivity index (χ3n) is 3.93. The van der Waals surface area contributed by atoms with Crippen molar-refractivity contribution >= 4 is 24.0 Å². The Hall–Kier alpha value is -0.700. The average molecular weight is 411 g/mol. The fraction of sp³-hybridized carbons (Fsp3) is 0.600. The van der Waals surface area contributed by atoms with Gasteiger partial charge in [0.15, 0.2) is 0 Å². The van der Waals surface area contributed by atoms with Crippen molar-refractivity contribution in [3.05, 3.63) is 34.3 Å². The molecule has 25 heavy (non-hydrogen) atoms. The summed E-state index contributed by atoms with van der Waals surface area (Å²) in [5.41, 5.74) is -0.780. The van der Waals surface area contributed by atoms with Crippen molar-refractivity contribution in [2.45, 2.75) is 31.2 Å². The molecule has 1 aromatic carbocycles. The van der Waals surface area contributed by atoms with Crippen LogP contribution in [0.15, 0.2) is 18.2 Å². The van der Waals surface area contributed by atoms with Gasteiger partial charge in [-0.15, -0.1) is 12.4 Å².